The maximum atomic E-state index is 12.3. The zero-order valence-electron chi connectivity index (χ0n) is 15.7. The highest BCUT2D eigenvalue weighted by Crippen LogP contribution is 2.00. The van der Waals surface area contributed by atoms with E-state index < -0.39 is 72.7 Å². The highest BCUT2D eigenvalue weighted by Gasteiger charge is 2.29. The third-order valence-corrected chi connectivity index (χ3v) is 3.62. The van der Waals surface area contributed by atoms with Gasteiger partial charge in [-0.3, -0.25) is 24.0 Å². The van der Waals surface area contributed by atoms with E-state index in [0.717, 1.165) is 0 Å². The van der Waals surface area contributed by atoms with Crippen molar-refractivity contribution in [3.05, 3.63) is 0 Å². The van der Waals surface area contributed by atoms with Gasteiger partial charge in [0, 0.05) is 6.42 Å². The maximum absolute atomic E-state index is 12.3. The van der Waals surface area contributed by atoms with E-state index in [9.17, 15) is 28.8 Å². The maximum Gasteiger partial charge on any atom is 0.326 e. The van der Waals surface area contributed by atoms with Gasteiger partial charge in [0.2, 0.25) is 29.5 Å². The molecule has 0 radical (unpaired) electrons. The van der Waals surface area contributed by atoms with Crippen molar-refractivity contribution in [3.63, 3.8) is 0 Å². The summed E-state index contributed by atoms with van der Waals surface area (Å²) >= 11 is 0. The molecule has 164 valence electrons. The number of carboxylic acid groups (broad SMARTS) is 1. The molecular weight excluding hydrogens is 392 g/mol. The lowest BCUT2D eigenvalue weighted by molar-refractivity contribution is -0.142. The minimum atomic E-state index is -1.47. The second-order valence-corrected chi connectivity index (χ2v) is 6.16. The first-order valence-electron chi connectivity index (χ1n) is 8.46. The number of hydrogen-bond donors (Lipinski definition) is 8. The summed E-state index contributed by atoms with van der Waals surface area (Å²) < 4.78 is 0. The van der Waals surface area contributed by atoms with Gasteiger partial charge in [-0.05, 0) is 13.3 Å². The summed E-state index contributed by atoms with van der Waals surface area (Å²) in [5.74, 6) is -5.88. The minimum Gasteiger partial charge on any atom is -0.480 e. The van der Waals surface area contributed by atoms with E-state index in [1.165, 1.54) is 6.92 Å². The third-order valence-electron chi connectivity index (χ3n) is 3.62. The van der Waals surface area contributed by atoms with E-state index in [1.54, 1.807) is 0 Å². The molecule has 0 aromatic heterocycles. The average Bonchev–Trinajstić information content (AvgIpc) is 2.62. The van der Waals surface area contributed by atoms with Gasteiger partial charge >= 0.3 is 5.97 Å². The van der Waals surface area contributed by atoms with Gasteiger partial charge < -0.3 is 43.4 Å². The molecule has 14 nitrogen and oxygen atoms in total. The molecule has 0 aliphatic carbocycles. The Bertz CT molecular complexity index is 655. The van der Waals surface area contributed by atoms with Crippen LogP contribution in [-0.2, 0) is 28.8 Å². The number of primary amides is 2. The van der Waals surface area contributed by atoms with Crippen LogP contribution in [0.15, 0.2) is 0 Å². The standard InChI is InChI=1S/C15H26N6O8/c1-6(12(25)20-8(15(28)29)2-3-10(17)23)19-14(27)9(4-11(18)24)21-13(26)7(16)5-22/h6-9,22H,2-5,16H2,1H3,(H2,17,23)(H2,18,24)(H,19,27)(H,20,25)(H,21,26)(H,28,29). The molecule has 0 saturated carbocycles. The van der Waals surface area contributed by atoms with Crippen molar-refractivity contribution in [2.24, 2.45) is 17.2 Å². The summed E-state index contributed by atoms with van der Waals surface area (Å²) in [6.45, 7) is 0.514. The smallest absolute Gasteiger partial charge is 0.326 e. The number of aliphatic hydroxyl groups excluding tert-OH is 1. The molecule has 11 N–H and O–H groups in total. The highest BCUT2D eigenvalue weighted by molar-refractivity contribution is 5.96. The van der Waals surface area contributed by atoms with E-state index in [1.807, 2.05) is 0 Å². The SMILES string of the molecule is CC(NC(=O)C(CC(N)=O)NC(=O)C(N)CO)C(=O)NC(CCC(N)=O)C(=O)O. The van der Waals surface area contributed by atoms with Gasteiger partial charge in [-0.15, -0.1) is 0 Å². The van der Waals surface area contributed by atoms with Crippen LogP contribution in [0.3, 0.4) is 0 Å². The van der Waals surface area contributed by atoms with Crippen LogP contribution >= 0.6 is 0 Å². The van der Waals surface area contributed by atoms with E-state index >= 15 is 0 Å². The van der Waals surface area contributed by atoms with Gasteiger partial charge in [-0.25, -0.2) is 4.79 Å². The fraction of sp³-hybridized carbons (Fsp3) is 0.600. The zero-order valence-corrected chi connectivity index (χ0v) is 15.7. The monoisotopic (exact) mass is 418 g/mol. The number of carbonyl (C=O) groups is 6. The summed E-state index contributed by atoms with van der Waals surface area (Å²) in [6.07, 6.45) is -1.15. The third kappa shape index (κ3) is 10.0. The van der Waals surface area contributed by atoms with Crippen LogP contribution in [0, 0.1) is 0 Å². The van der Waals surface area contributed by atoms with Gasteiger partial charge in [-0.1, -0.05) is 0 Å². The first-order valence-corrected chi connectivity index (χ1v) is 8.46. The van der Waals surface area contributed by atoms with Crippen LogP contribution in [0.4, 0.5) is 0 Å². The van der Waals surface area contributed by atoms with Crippen molar-refractivity contribution in [1.29, 1.82) is 0 Å². The molecule has 0 aliphatic heterocycles. The van der Waals surface area contributed by atoms with Crippen molar-refractivity contribution in [2.75, 3.05) is 6.61 Å². The number of carbonyl (C=O) groups excluding carboxylic acids is 5. The quantitative estimate of drug-likeness (QED) is 0.142. The molecular formula is C15H26N6O8. The second kappa shape index (κ2) is 12.2. The van der Waals surface area contributed by atoms with Crippen molar-refractivity contribution < 1.29 is 39.0 Å². The number of nitrogens with one attached hydrogen (secondary N) is 3. The topological polar surface area (TPSA) is 257 Å². The van der Waals surface area contributed by atoms with Crippen LogP contribution in [-0.4, -0.2) is 76.5 Å². The van der Waals surface area contributed by atoms with Crippen molar-refractivity contribution in [3.8, 4) is 0 Å². The molecule has 4 unspecified atom stereocenters. The van der Waals surface area contributed by atoms with Gasteiger partial charge in [0.1, 0.15) is 24.2 Å². The summed E-state index contributed by atoms with van der Waals surface area (Å²) in [6, 6.07) is -5.51. The first kappa shape index (κ1) is 25.7. The van der Waals surface area contributed by atoms with Crippen molar-refractivity contribution in [1.82, 2.24) is 16.0 Å². The lowest BCUT2D eigenvalue weighted by Crippen LogP contribution is -2.57. The Balaban J connectivity index is 5.02. The van der Waals surface area contributed by atoms with Crippen molar-refractivity contribution >= 4 is 35.5 Å². The van der Waals surface area contributed by atoms with E-state index in [0.29, 0.717) is 0 Å². The van der Waals surface area contributed by atoms with E-state index in [2.05, 4.69) is 16.0 Å². The van der Waals surface area contributed by atoms with Gasteiger partial charge in [0.05, 0.1) is 13.0 Å². The molecule has 0 rings (SSSR count). The van der Waals surface area contributed by atoms with Crippen LogP contribution in [0.5, 0.6) is 0 Å². The lowest BCUT2D eigenvalue weighted by Gasteiger charge is -2.22. The van der Waals surface area contributed by atoms with E-state index in [-0.39, 0.29) is 12.8 Å². The Morgan fingerprint density at radius 2 is 1.41 bits per heavy atom. The molecule has 0 fully saturated rings. The Morgan fingerprint density at radius 3 is 1.86 bits per heavy atom. The molecule has 5 amide bonds. The van der Waals surface area contributed by atoms with Crippen LogP contribution < -0.4 is 33.2 Å². The van der Waals surface area contributed by atoms with Gasteiger partial charge in [0.15, 0.2) is 0 Å². The Kier molecular flexibility index (Phi) is 10.9. The summed E-state index contributed by atoms with van der Waals surface area (Å²) in [7, 11) is 0. The molecule has 0 spiro atoms. The minimum absolute atomic E-state index is 0.253. The number of carboxylic acids is 1. The van der Waals surface area contributed by atoms with Crippen LogP contribution in [0.2, 0.25) is 0 Å². The molecule has 0 heterocycles. The number of amides is 5. The molecule has 0 aromatic rings. The van der Waals surface area contributed by atoms with Crippen LogP contribution in [0.25, 0.3) is 0 Å². The predicted octanol–water partition coefficient (Wildman–Crippen LogP) is -4.99. The second-order valence-electron chi connectivity index (χ2n) is 6.16. The Hall–Kier alpha value is -3.26. The number of hydrogen-bond acceptors (Lipinski definition) is 8. The normalized spacial score (nSPS) is 14.6. The molecule has 0 aromatic carbocycles. The number of aliphatic carboxylic acids is 1. The summed E-state index contributed by atoms with van der Waals surface area (Å²) in [4.78, 5) is 69.2. The summed E-state index contributed by atoms with van der Waals surface area (Å²) in [5, 5.41) is 24.4. The molecule has 29 heavy (non-hydrogen) atoms. The number of nitrogens with two attached hydrogens (primary N) is 3. The summed E-state index contributed by atoms with van der Waals surface area (Å²) in [5.41, 5.74) is 15.3. The Morgan fingerprint density at radius 1 is 0.862 bits per heavy atom. The average molecular weight is 418 g/mol. The fourth-order valence-electron chi connectivity index (χ4n) is 1.99. The van der Waals surface area contributed by atoms with Gasteiger partial charge in [-0.2, -0.15) is 0 Å². The fourth-order valence-corrected chi connectivity index (χ4v) is 1.99. The van der Waals surface area contributed by atoms with E-state index in [4.69, 9.17) is 27.4 Å². The Labute approximate surface area is 165 Å². The predicted molar refractivity (Wildman–Crippen MR) is 96.4 cm³/mol. The molecule has 4 atom stereocenters. The molecule has 0 saturated heterocycles. The molecule has 14 heteroatoms. The first-order chi connectivity index (χ1) is 13.4. The number of rotatable bonds is 13. The largest absolute Gasteiger partial charge is 0.480 e. The van der Waals surface area contributed by atoms with Crippen LogP contribution in [0.1, 0.15) is 26.2 Å². The number of aliphatic hydroxyl groups is 1. The van der Waals surface area contributed by atoms with Gasteiger partial charge in [0.25, 0.3) is 0 Å². The highest BCUT2D eigenvalue weighted by atomic mass is 16.4. The molecule has 0 aliphatic rings. The molecule has 0 bridgehead atoms. The lowest BCUT2D eigenvalue weighted by atomic mass is 10.1. The van der Waals surface area contributed by atoms with Crippen molar-refractivity contribution in [2.45, 2.75) is 50.4 Å². The zero-order chi connectivity index (χ0) is 22.7.